The Kier molecular flexibility index (Phi) is 6.12. The number of amides is 1. The van der Waals surface area contributed by atoms with Crippen LogP contribution in [0.15, 0.2) is 41.1 Å². The number of rotatable bonds is 7. The van der Waals surface area contributed by atoms with Crippen LogP contribution < -0.4 is 10.1 Å². The summed E-state index contributed by atoms with van der Waals surface area (Å²) in [6, 6.07) is 7.79. The van der Waals surface area contributed by atoms with Crippen LogP contribution in [0.1, 0.15) is 18.5 Å². The first-order valence-corrected chi connectivity index (χ1v) is 8.30. The second-order valence-electron chi connectivity index (χ2n) is 5.50. The minimum absolute atomic E-state index is 0.114. The lowest BCUT2D eigenvalue weighted by Gasteiger charge is -2.25. The molecule has 2 aromatic rings. The van der Waals surface area contributed by atoms with Gasteiger partial charge in [0.05, 0.1) is 6.04 Å². The smallest absolute Gasteiger partial charge is 0.260 e. The average molecular weight is 336 g/mol. The van der Waals surface area contributed by atoms with E-state index in [0.717, 1.165) is 0 Å². The minimum atomic E-state index is -0.647. The number of hydrogen-bond acceptors (Lipinski definition) is 4. The summed E-state index contributed by atoms with van der Waals surface area (Å²) in [5, 5.41) is 7.01. The molecule has 1 heterocycles. The SMILES string of the molecule is CC(Oc1ccc(F)cc1)C(=O)NCC(c1ccsc1)N(C)C. The molecule has 2 atom stereocenters. The van der Waals surface area contributed by atoms with Gasteiger partial charge >= 0.3 is 0 Å². The second-order valence-corrected chi connectivity index (χ2v) is 6.28. The van der Waals surface area contributed by atoms with E-state index in [4.69, 9.17) is 4.74 Å². The van der Waals surface area contributed by atoms with Crippen LogP contribution in [0.5, 0.6) is 5.75 Å². The molecule has 1 N–H and O–H groups in total. The summed E-state index contributed by atoms with van der Waals surface area (Å²) in [7, 11) is 3.96. The molecule has 124 valence electrons. The molecular formula is C17H21FN2O2S. The fourth-order valence-corrected chi connectivity index (χ4v) is 2.88. The zero-order valence-corrected chi connectivity index (χ0v) is 14.3. The van der Waals surface area contributed by atoms with E-state index in [1.165, 1.54) is 29.8 Å². The lowest BCUT2D eigenvalue weighted by molar-refractivity contribution is -0.127. The van der Waals surface area contributed by atoms with Crippen molar-refractivity contribution in [3.63, 3.8) is 0 Å². The van der Waals surface area contributed by atoms with Gasteiger partial charge in [0.1, 0.15) is 11.6 Å². The van der Waals surface area contributed by atoms with Gasteiger partial charge in [0.25, 0.3) is 5.91 Å². The second kappa shape index (κ2) is 8.08. The predicted octanol–water partition coefficient (Wildman–Crippen LogP) is 3.07. The number of nitrogens with one attached hydrogen (secondary N) is 1. The summed E-state index contributed by atoms with van der Waals surface area (Å²) in [5.41, 5.74) is 1.17. The third-order valence-corrected chi connectivity index (χ3v) is 4.22. The molecule has 0 fully saturated rings. The summed E-state index contributed by atoms with van der Waals surface area (Å²) >= 11 is 1.63. The molecule has 1 aromatic heterocycles. The topological polar surface area (TPSA) is 41.6 Å². The van der Waals surface area contributed by atoms with Crippen molar-refractivity contribution in [2.24, 2.45) is 0 Å². The quantitative estimate of drug-likeness (QED) is 0.845. The normalized spacial score (nSPS) is 13.6. The van der Waals surface area contributed by atoms with Gasteiger partial charge in [-0.3, -0.25) is 4.79 Å². The van der Waals surface area contributed by atoms with E-state index in [-0.39, 0.29) is 17.8 Å². The Morgan fingerprint density at radius 2 is 2.00 bits per heavy atom. The van der Waals surface area contributed by atoms with Crippen molar-refractivity contribution in [3.05, 3.63) is 52.5 Å². The Hall–Kier alpha value is -1.92. The van der Waals surface area contributed by atoms with E-state index in [2.05, 4.69) is 21.7 Å². The largest absolute Gasteiger partial charge is 0.481 e. The number of nitrogens with zero attached hydrogens (tertiary/aromatic N) is 1. The first-order valence-electron chi connectivity index (χ1n) is 7.36. The fourth-order valence-electron chi connectivity index (χ4n) is 2.17. The molecule has 0 radical (unpaired) electrons. The molecule has 2 unspecified atom stereocenters. The number of hydrogen-bond donors (Lipinski definition) is 1. The molecule has 6 heteroatoms. The molecule has 1 aromatic carbocycles. The van der Waals surface area contributed by atoms with Crippen molar-refractivity contribution < 1.29 is 13.9 Å². The minimum Gasteiger partial charge on any atom is -0.481 e. The van der Waals surface area contributed by atoms with Gasteiger partial charge in [-0.15, -0.1) is 0 Å². The molecular weight excluding hydrogens is 315 g/mol. The average Bonchev–Trinajstić information content (AvgIpc) is 3.03. The molecule has 0 aliphatic heterocycles. The Labute approximate surface area is 139 Å². The first-order chi connectivity index (χ1) is 11.0. The van der Waals surface area contributed by atoms with Gasteiger partial charge in [0, 0.05) is 6.54 Å². The number of halogens is 1. The van der Waals surface area contributed by atoms with Crippen molar-refractivity contribution >= 4 is 17.2 Å². The number of thiophene rings is 1. The summed E-state index contributed by atoms with van der Waals surface area (Å²) in [6.07, 6.45) is -0.647. The Morgan fingerprint density at radius 1 is 1.30 bits per heavy atom. The highest BCUT2D eigenvalue weighted by Crippen LogP contribution is 2.20. The van der Waals surface area contributed by atoms with Crippen molar-refractivity contribution in [2.75, 3.05) is 20.6 Å². The number of ether oxygens (including phenoxy) is 1. The highest BCUT2D eigenvalue weighted by molar-refractivity contribution is 7.07. The molecule has 23 heavy (non-hydrogen) atoms. The third-order valence-electron chi connectivity index (χ3n) is 3.52. The summed E-state index contributed by atoms with van der Waals surface area (Å²) in [4.78, 5) is 14.2. The van der Waals surface area contributed by atoms with Gasteiger partial charge in [-0.05, 0) is 67.7 Å². The van der Waals surface area contributed by atoms with E-state index in [0.29, 0.717) is 12.3 Å². The maximum absolute atomic E-state index is 12.9. The Balaban J connectivity index is 1.88. The van der Waals surface area contributed by atoms with Crippen LogP contribution in [-0.2, 0) is 4.79 Å². The number of carbonyl (C=O) groups excluding carboxylic acids is 1. The van der Waals surface area contributed by atoms with E-state index >= 15 is 0 Å². The molecule has 0 bridgehead atoms. The summed E-state index contributed by atoms with van der Waals surface area (Å²) < 4.78 is 18.4. The molecule has 2 rings (SSSR count). The molecule has 0 spiro atoms. The van der Waals surface area contributed by atoms with Crippen molar-refractivity contribution in [2.45, 2.75) is 19.1 Å². The van der Waals surface area contributed by atoms with E-state index < -0.39 is 6.10 Å². The molecule has 0 aliphatic rings. The van der Waals surface area contributed by atoms with Crippen LogP contribution in [-0.4, -0.2) is 37.6 Å². The zero-order chi connectivity index (χ0) is 16.8. The van der Waals surface area contributed by atoms with Crippen LogP contribution in [0.3, 0.4) is 0 Å². The molecule has 0 saturated carbocycles. The van der Waals surface area contributed by atoms with Crippen LogP contribution in [0.4, 0.5) is 4.39 Å². The Morgan fingerprint density at radius 3 is 2.57 bits per heavy atom. The Bertz CT molecular complexity index is 614. The maximum atomic E-state index is 12.9. The summed E-state index contributed by atoms with van der Waals surface area (Å²) in [5.74, 6) is -0.0634. The van der Waals surface area contributed by atoms with Crippen molar-refractivity contribution in [1.29, 1.82) is 0 Å². The van der Waals surface area contributed by atoms with Crippen molar-refractivity contribution in [1.82, 2.24) is 10.2 Å². The van der Waals surface area contributed by atoms with Crippen molar-refractivity contribution in [3.8, 4) is 5.75 Å². The van der Waals surface area contributed by atoms with Crippen LogP contribution in [0, 0.1) is 5.82 Å². The number of benzene rings is 1. The van der Waals surface area contributed by atoms with E-state index in [1.807, 2.05) is 19.5 Å². The van der Waals surface area contributed by atoms with Crippen LogP contribution in [0.2, 0.25) is 0 Å². The van der Waals surface area contributed by atoms with E-state index in [1.54, 1.807) is 18.3 Å². The lowest BCUT2D eigenvalue weighted by Crippen LogP contribution is -2.40. The monoisotopic (exact) mass is 336 g/mol. The molecule has 0 saturated heterocycles. The maximum Gasteiger partial charge on any atom is 0.260 e. The van der Waals surface area contributed by atoms with Gasteiger partial charge in [-0.25, -0.2) is 4.39 Å². The highest BCUT2D eigenvalue weighted by atomic mass is 32.1. The number of likely N-dealkylation sites (N-methyl/N-ethyl adjacent to an activating group) is 1. The summed E-state index contributed by atoms with van der Waals surface area (Å²) in [6.45, 7) is 2.17. The first kappa shape index (κ1) is 17.4. The predicted molar refractivity (Wildman–Crippen MR) is 90.2 cm³/mol. The molecule has 0 aliphatic carbocycles. The van der Waals surface area contributed by atoms with Gasteiger partial charge in [0.15, 0.2) is 6.10 Å². The number of carbonyl (C=O) groups is 1. The fraction of sp³-hybridized carbons (Fsp3) is 0.353. The van der Waals surface area contributed by atoms with Gasteiger partial charge in [-0.2, -0.15) is 11.3 Å². The lowest BCUT2D eigenvalue weighted by atomic mass is 10.1. The van der Waals surface area contributed by atoms with Gasteiger partial charge in [0.2, 0.25) is 0 Å². The molecule has 4 nitrogen and oxygen atoms in total. The highest BCUT2D eigenvalue weighted by Gasteiger charge is 2.19. The van der Waals surface area contributed by atoms with E-state index in [9.17, 15) is 9.18 Å². The van der Waals surface area contributed by atoms with Gasteiger partial charge in [-0.1, -0.05) is 0 Å². The molecule has 1 amide bonds. The van der Waals surface area contributed by atoms with Gasteiger partial charge < -0.3 is 15.0 Å². The van der Waals surface area contributed by atoms with Crippen LogP contribution in [0.25, 0.3) is 0 Å². The standard InChI is InChI=1S/C17H21FN2O2S/c1-12(22-15-6-4-14(18)5-7-15)17(21)19-10-16(20(2)3)13-8-9-23-11-13/h4-9,11-12,16H,10H2,1-3H3,(H,19,21). The third kappa shape index (κ3) is 5.04. The van der Waals surface area contributed by atoms with Crippen LogP contribution >= 0.6 is 11.3 Å². The zero-order valence-electron chi connectivity index (χ0n) is 13.5.